The van der Waals surface area contributed by atoms with Crippen LogP contribution in [0.15, 0.2) is 48.5 Å². The van der Waals surface area contributed by atoms with Crippen molar-refractivity contribution in [3.8, 4) is 0 Å². The van der Waals surface area contributed by atoms with Crippen molar-refractivity contribution >= 4 is 11.4 Å². The fourth-order valence-corrected chi connectivity index (χ4v) is 3.50. The van der Waals surface area contributed by atoms with Gasteiger partial charge in [0.15, 0.2) is 23.3 Å². The van der Waals surface area contributed by atoms with Crippen LogP contribution in [0.2, 0.25) is 0 Å². The van der Waals surface area contributed by atoms with Crippen molar-refractivity contribution in [2.75, 3.05) is 16.6 Å². The van der Waals surface area contributed by atoms with E-state index in [9.17, 15) is 26.3 Å². The van der Waals surface area contributed by atoms with E-state index in [0.29, 0.717) is 0 Å². The van der Waals surface area contributed by atoms with E-state index in [4.69, 9.17) is 0 Å². The average molecular weight is 423 g/mol. The summed E-state index contributed by atoms with van der Waals surface area (Å²) >= 11 is 0. The summed E-state index contributed by atoms with van der Waals surface area (Å²) in [7, 11) is 0. The fourth-order valence-electron chi connectivity index (χ4n) is 3.50. The van der Waals surface area contributed by atoms with E-state index in [1.54, 1.807) is 0 Å². The van der Waals surface area contributed by atoms with Gasteiger partial charge in [-0.05, 0) is 42.8 Å². The standard InChI is InChI=1S/C21H15F6N3/c1-11-8-9-16(26)21(19(11)27)29-10-17(18-12(22)4-2-5-13(18)23)30(28-29)20-14(24)6-3-7-15(20)25/h2-9,17,28H,10H2,1H3. The molecular weight excluding hydrogens is 408 g/mol. The van der Waals surface area contributed by atoms with Crippen LogP contribution in [0.1, 0.15) is 17.2 Å². The molecule has 1 aliphatic rings. The molecule has 3 aromatic rings. The lowest BCUT2D eigenvalue weighted by Gasteiger charge is -2.27. The number of nitrogens with zero attached hydrogens (tertiary/aromatic N) is 2. The van der Waals surface area contributed by atoms with Gasteiger partial charge in [0, 0.05) is 5.56 Å². The molecule has 1 unspecified atom stereocenters. The number of aryl methyl sites for hydroxylation is 1. The highest BCUT2D eigenvalue weighted by Gasteiger charge is 2.39. The number of halogens is 6. The second kappa shape index (κ2) is 7.56. The van der Waals surface area contributed by atoms with E-state index in [1.165, 1.54) is 13.0 Å². The lowest BCUT2D eigenvalue weighted by atomic mass is 10.0. The summed E-state index contributed by atoms with van der Waals surface area (Å²) in [6.45, 7) is 1.01. The Labute approximate surface area is 168 Å². The third-order valence-corrected chi connectivity index (χ3v) is 4.94. The van der Waals surface area contributed by atoms with Crippen LogP contribution in [0.25, 0.3) is 0 Å². The summed E-state index contributed by atoms with van der Waals surface area (Å²) in [6.07, 6.45) is 0. The maximum atomic E-state index is 14.7. The van der Waals surface area contributed by atoms with Crippen LogP contribution in [0.4, 0.5) is 37.7 Å². The first-order valence-corrected chi connectivity index (χ1v) is 8.95. The summed E-state index contributed by atoms with van der Waals surface area (Å²) in [5.74, 6) is -5.82. The molecule has 1 fully saturated rings. The third kappa shape index (κ3) is 3.24. The van der Waals surface area contributed by atoms with Crippen molar-refractivity contribution in [1.82, 2.24) is 5.53 Å². The number of hydrogen-bond donors (Lipinski definition) is 1. The highest BCUT2D eigenvalue weighted by molar-refractivity contribution is 5.58. The van der Waals surface area contributed by atoms with E-state index >= 15 is 0 Å². The molecule has 0 radical (unpaired) electrons. The van der Waals surface area contributed by atoms with Gasteiger partial charge in [-0.2, -0.15) is 0 Å². The Morgan fingerprint density at radius 3 is 1.87 bits per heavy atom. The summed E-state index contributed by atoms with van der Waals surface area (Å²) < 4.78 is 87.0. The number of hydrogen-bond acceptors (Lipinski definition) is 3. The molecule has 1 aliphatic heterocycles. The summed E-state index contributed by atoms with van der Waals surface area (Å²) in [5.41, 5.74) is 0.947. The fraction of sp³-hybridized carbons (Fsp3) is 0.143. The molecule has 0 bridgehead atoms. The van der Waals surface area contributed by atoms with Gasteiger partial charge in [0.05, 0.1) is 12.6 Å². The van der Waals surface area contributed by atoms with Crippen molar-refractivity contribution < 1.29 is 26.3 Å². The summed E-state index contributed by atoms with van der Waals surface area (Å²) in [5, 5.41) is 1.76. The molecule has 30 heavy (non-hydrogen) atoms. The minimum atomic E-state index is -1.34. The van der Waals surface area contributed by atoms with Gasteiger partial charge in [-0.1, -0.05) is 18.2 Å². The SMILES string of the molecule is Cc1ccc(F)c(N2CC(c3c(F)cccc3F)N(c3c(F)cccc3F)N2)c1F. The molecule has 3 aromatic carbocycles. The van der Waals surface area contributed by atoms with Gasteiger partial charge in [-0.25, -0.2) is 26.3 Å². The number of benzene rings is 3. The largest absolute Gasteiger partial charge is 0.282 e. The molecule has 1 N–H and O–H groups in total. The Kier molecular flexibility index (Phi) is 5.07. The van der Waals surface area contributed by atoms with Gasteiger partial charge >= 0.3 is 0 Å². The lowest BCUT2D eigenvalue weighted by Crippen LogP contribution is -2.42. The maximum absolute atomic E-state index is 14.7. The number of nitrogens with one attached hydrogen (secondary N) is 1. The Balaban J connectivity index is 1.88. The topological polar surface area (TPSA) is 18.5 Å². The number of rotatable bonds is 3. The quantitative estimate of drug-likeness (QED) is 0.576. The van der Waals surface area contributed by atoms with Gasteiger partial charge in [0.25, 0.3) is 0 Å². The minimum absolute atomic E-state index is 0.123. The molecule has 9 heteroatoms. The molecular formula is C21H15F6N3. The van der Waals surface area contributed by atoms with E-state index in [-0.39, 0.29) is 5.56 Å². The normalized spacial score (nSPS) is 16.4. The van der Waals surface area contributed by atoms with Crippen LogP contribution in [0.5, 0.6) is 0 Å². The van der Waals surface area contributed by atoms with E-state index in [2.05, 4.69) is 5.53 Å². The molecule has 1 heterocycles. The highest BCUT2D eigenvalue weighted by atomic mass is 19.2. The predicted molar refractivity (Wildman–Crippen MR) is 99.5 cm³/mol. The number of hydrazine groups is 2. The Bertz CT molecular complexity index is 1020. The number of para-hydroxylation sites is 1. The molecule has 0 spiro atoms. The second-order valence-corrected chi connectivity index (χ2v) is 6.83. The van der Waals surface area contributed by atoms with Crippen molar-refractivity contribution in [3.05, 3.63) is 94.6 Å². The van der Waals surface area contributed by atoms with E-state index in [0.717, 1.165) is 52.5 Å². The smallest absolute Gasteiger partial charge is 0.153 e. The number of anilines is 2. The monoisotopic (exact) mass is 423 g/mol. The highest BCUT2D eigenvalue weighted by Crippen LogP contribution is 2.38. The third-order valence-electron chi connectivity index (χ3n) is 4.94. The first-order valence-electron chi connectivity index (χ1n) is 8.95. The molecule has 0 amide bonds. The van der Waals surface area contributed by atoms with Crippen LogP contribution in [0, 0.1) is 41.8 Å². The molecule has 3 nitrogen and oxygen atoms in total. The first-order chi connectivity index (χ1) is 14.3. The summed E-state index contributed by atoms with van der Waals surface area (Å²) in [6, 6.07) is 7.10. The minimum Gasteiger partial charge on any atom is -0.282 e. The van der Waals surface area contributed by atoms with Crippen molar-refractivity contribution in [1.29, 1.82) is 0 Å². The van der Waals surface area contributed by atoms with Gasteiger partial charge < -0.3 is 0 Å². The zero-order valence-corrected chi connectivity index (χ0v) is 15.6. The van der Waals surface area contributed by atoms with Gasteiger partial charge in [-0.15, -0.1) is 5.53 Å². The van der Waals surface area contributed by atoms with Crippen molar-refractivity contribution in [3.63, 3.8) is 0 Å². The first kappa shape index (κ1) is 20.1. The zero-order valence-electron chi connectivity index (χ0n) is 15.6. The summed E-state index contributed by atoms with van der Waals surface area (Å²) in [4.78, 5) is 0. The van der Waals surface area contributed by atoms with Gasteiger partial charge in [0.1, 0.15) is 23.0 Å². The molecule has 156 valence electrons. The van der Waals surface area contributed by atoms with E-state index < -0.39 is 64.4 Å². The van der Waals surface area contributed by atoms with Crippen LogP contribution in [0.3, 0.4) is 0 Å². The Morgan fingerprint density at radius 1 is 0.733 bits per heavy atom. The Morgan fingerprint density at radius 2 is 1.27 bits per heavy atom. The van der Waals surface area contributed by atoms with Crippen LogP contribution >= 0.6 is 0 Å². The van der Waals surface area contributed by atoms with Gasteiger partial charge in [-0.3, -0.25) is 10.0 Å². The molecule has 4 rings (SSSR count). The Hall–Kier alpha value is -3.20. The molecule has 1 atom stereocenters. The van der Waals surface area contributed by atoms with Crippen molar-refractivity contribution in [2.24, 2.45) is 0 Å². The molecule has 0 saturated carbocycles. The van der Waals surface area contributed by atoms with Gasteiger partial charge in [0.2, 0.25) is 0 Å². The predicted octanol–water partition coefficient (Wildman–Crippen LogP) is 5.32. The van der Waals surface area contributed by atoms with Crippen LogP contribution in [-0.4, -0.2) is 6.54 Å². The second-order valence-electron chi connectivity index (χ2n) is 6.83. The van der Waals surface area contributed by atoms with Crippen molar-refractivity contribution in [2.45, 2.75) is 13.0 Å². The van der Waals surface area contributed by atoms with Crippen LogP contribution < -0.4 is 15.6 Å². The molecule has 0 aliphatic carbocycles. The average Bonchev–Trinajstić information content (AvgIpc) is 3.09. The van der Waals surface area contributed by atoms with E-state index in [1.807, 2.05) is 0 Å². The zero-order chi connectivity index (χ0) is 21.6. The molecule has 1 saturated heterocycles. The molecule has 0 aromatic heterocycles. The lowest BCUT2D eigenvalue weighted by molar-refractivity contribution is 0.511. The van der Waals surface area contributed by atoms with Crippen LogP contribution in [-0.2, 0) is 0 Å². The maximum Gasteiger partial charge on any atom is 0.153 e.